The van der Waals surface area contributed by atoms with Gasteiger partial charge in [0.05, 0.1) is 13.5 Å². The fourth-order valence-electron chi connectivity index (χ4n) is 1.70. The number of carbonyl (C=O) groups is 2. The molecule has 0 saturated carbocycles. The number of hydrogen-bond donors (Lipinski definition) is 1. The van der Waals surface area contributed by atoms with Crippen LogP contribution in [-0.4, -0.2) is 25.0 Å². The van der Waals surface area contributed by atoms with Crippen molar-refractivity contribution >= 4 is 27.8 Å². The van der Waals surface area contributed by atoms with Crippen molar-refractivity contribution in [3.05, 3.63) is 34.1 Å². The minimum absolute atomic E-state index is 0.120. The van der Waals surface area contributed by atoms with E-state index >= 15 is 0 Å². The molecule has 0 aliphatic rings. The van der Waals surface area contributed by atoms with E-state index in [1.807, 2.05) is 0 Å². The SMILES string of the molecule is COC(=O)CC(C)NC(=O)CCc1ccc(Br)cc1F. The third-order valence-corrected chi connectivity index (χ3v) is 3.24. The lowest BCUT2D eigenvalue weighted by Crippen LogP contribution is -2.34. The Hall–Kier alpha value is -1.43. The van der Waals surface area contributed by atoms with E-state index in [0.29, 0.717) is 16.5 Å². The predicted molar refractivity (Wildman–Crippen MR) is 76.7 cm³/mol. The fourth-order valence-corrected chi connectivity index (χ4v) is 2.04. The Bertz CT molecular complexity index is 493. The first kappa shape index (κ1) is 16.6. The van der Waals surface area contributed by atoms with Crippen LogP contribution in [-0.2, 0) is 20.7 Å². The Kier molecular flexibility index (Phi) is 6.64. The van der Waals surface area contributed by atoms with Crippen LogP contribution in [0.1, 0.15) is 25.3 Å². The van der Waals surface area contributed by atoms with Crippen molar-refractivity contribution in [2.24, 2.45) is 0 Å². The Morgan fingerprint density at radius 2 is 2.15 bits per heavy atom. The summed E-state index contributed by atoms with van der Waals surface area (Å²) in [6.45, 7) is 1.72. The van der Waals surface area contributed by atoms with E-state index in [4.69, 9.17) is 0 Å². The molecule has 1 aromatic carbocycles. The van der Waals surface area contributed by atoms with E-state index in [1.165, 1.54) is 13.2 Å². The highest BCUT2D eigenvalue weighted by molar-refractivity contribution is 9.10. The number of esters is 1. The van der Waals surface area contributed by atoms with Crippen LogP contribution >= 0.6 is 15.9 Å². The zero-order valence-corrected chi connectivity index (χ0v) is 13.0. The lowest BCUT2D eigenvalue weighted by molar-refractivity contribution is -0.141. The highest BCUT2D eigenvalue weighted by Gasteiger charge is 2.12. The zero-order valence-electron chi connectivity index (χ0n) is 11.4. The van der Waals surface area contributed by atoms with Crippen molar-refractivity contribution in [3.63, 3.8) is 0 Å². The number of rotatable bonds is 6. The summed E-state index contributed by atoms with van der Waals surface area (Å²) in [4.78, 5) is 22.7. The topological polar surface area (TPSA) is 55.4 Å². The molecule has 0 aliphatic heterocycles. The lowest BCUT2D eigenvalue weighted by atomic mass is 10.1. The first-order chi connectivity index (χ1) is 9.42. The van der Waals surface area contributed by atoms with Gasteiger partial charge >= 0.3 is 5.97 Å². The van der Waals surface area contributed by atoms with Gasteiger partial charge < -0.3 is 10.1 Å². The first-order valence-electron chi connectivity index (χ1n) is 6.22. The Morgan fingerprint density at radius 3 is 2.75 bits per heavy atom. The number of carbonyl (C=O) groups excluding carboxylic acids is 2. The molecule has 0 heterocycles. The summed E-state index contributed by atoms with van der Waals surface area (Å²) in [7, 11) is 1.30. The molecule has 1 amide bonds. The summed E-state index contributed by atoms with van der Waals surface area (Å²) < 4.78 is 18.7. The number of hydrogen-bond acceptors (Lipinski definition) is 3. The van der Waals surface area contributed by atoms with Gasteiger partial charge in [0, 0.05) is 16.9 Å². The quantitative estimate of drug-likeness (QED) is 0.806. The monoisotopic (exact) mass is 345 g/mol. The van der Waals surface area contributed by atoms with Gasteiger partial charge in [-0.2, -0.15) is 0 Å². The molecule has 1 N–H and O–H groups in total. The summed E-state index contributed by atoms with van der Waals surface area (Å²) in [5, 5.41) is 2.67. The van der Waals surface area contributed by atoms with Gasteiger partial charge in [0.1, 0.15) is 5.82 Å². The number of amides is 1. The van der Waals surface area contributed by atoms with E-state index in [0.717, 1.165) is 0 Å². The van der Waals surface area contributed by atoms with Gasteiger partial charge in [-0.25, -0.2) is 4.39 Å². The van der Waals surface area contributed by atoms with E-state index in [9.17, 15) is 14.0 Å². The van der Waals surface area contributed by atoms with Gasteiger partial charge in [0.2, 0.25) is 5.91 Å². The minimum Gasteiger partial charge on any atom is -0.469 e. The number of aryl methyl sites for hydroxylation is 1. The van der Waals surface area contributed by atoms with Crippen LogP contribution in [0.25, 0.3) is 0 Å². The van der Waals surface area contributed by atoms with Crippen LogP contribution in [0.3, 0.4) is 0 Å². The third-order valence-electron chi connectivity index (χ3n) is 2.74. The van der Waals surface area contributed by atoms with E-state index in [-0.39, 0.29) is 36.6 Å². The van der Waals surface area contributed by atoms with Crippen molar-refractivity contribution < 1.29 is 18.7 Å². The molecular weight excluding hydrogens is 329 g/mol. The van der Waals surface area contributed by atoms with Crippen LogP contribution < -0.4 is 5.32 Å². The second kappa shape index (κ2) is 7.99. The molecule has 4 nitrogen and oxygen atoms in total. The predicted octanol–water partition coefficient (Wildman–Crippen LogP) is 2.59. The summed E-state index contributed by atoms with van der Waals surface area (Å²) in [6, 6.07) is 4.44. The molecule has 110 valence electrons. The van der Waals surface area contributed by atoms with Crippen LogP contribution in [0.15, 0.2) is 22.7 Å². The highest BCUT2D eigenvalue weighted by Crippen LogP contribution is 2.16. The summed E-state index contributed by atoms with van der Waals surface area (Å²) in [5.74, 6) is -0.935. The molecular formula is C14H17BrFNO3. The summed E-state index contributed by atoms with van der Waals surface area (Å²) in [5.41, 5.74) is 0.490. The molecule has 0 saturated heterocycles. The summed E-state index contributed by atoms with van der Waals surface area (Å²) in [6.07, 6.45) is 0.606. The molecule has 20 heavy (non-hydrogen) atoms. The molecule has 1 unspecified atom stereocenters. The minimum atomic E-state index is -0.378. The van der Waals surface area contributed by atoms with Crippen molar-refractivity contribution in [1.82, 2.24) is 5.32 Å². The standard InChI is InChI=1S/C14H17BrFNO3/c1-9(7-14(19)20-2)17-13(18)6-4-10-3-5-11(15)8-12(10)16/h3,5,8-9H,4,6-7H2,1-2H3,(H,17,18). The molecule has 0 bridgehead atoms. The largest absolute Gasteiger partial charge is 0.469 e. The fraction of sp³-hybridized carbons (Fsp3) is 0.429. The van der Waals surface area contributed by atoms with Crippen molar-refractivity contribution in [3.8, 4) is 0 Å². The maximum absolute atomic E-state index is 13.6. The first-order valence-corrected chi connectivity index (χ1v) is 7.01. The van der Waals surface area contributed by atoms with Crippen molar-refractivity contribution in [2.75, 3.05) is 7.11 Å². The average Bonchev–Trinajstić information content (AvgIpc) is 2.37. The molecule has 0 spiro atoms. The average molecular weight is 346 g/mol. The second-order valence-electron chi connectivity index (χ2n) is 4.48. The number of halogens is 2. The Morgan fingerprint density at radius 1 is 1.45 bits per heavy atom. The normalized spacial score (nSPS) is 11.8. The maximum Gasteiger partial charge on any atom is 0.307 e. The molecule has 0 aliphatic carbocycles. The van der Waals surface area contributed by atoms with Gasteiger partial charge in [-0.15, -0.1) is 0 Å². The molecule has 0 aromatic heterocycles. The van der Waals surface area contributed by atoms with Gasteiger partial charge in [-0.3, -0.25) is 9.59 Å². The van der Waals surface area contributed by atoms with Crippen LogP contribution in [0, 0.1) is 5.82 Å². The highest BCUT2D eigenvalue weighted by atomic mass is 79.9. The van der Waals surface area contributed by atoms with Gasteiger partial charge in [0.25, 0.3) is 0 Å². The zero-order chi connectivity index (χ0) is 15.1. The number of ether oxygens (including phenoxy) is 1. The number of nitrogens with one attached hydrogen (secondary N) is 1. The lowest BCUT2D eigenvalue weighted by Gasteiger charge is -2.12. The molecule has 0 fully saturated rings. The number of benzene rings is 1. The van der Waals surface area contributed by atoms with Gasteiger partial charge in [-0.05, 0) is 31.0 Å². The Labute approximate surface area is 125 Å². The molecule has 6 heteroatoms. The smallest absolute Gasteiger partial charge is 0.307 e. The molecule has 1 atom stereocenters. The number of methoxy groups -OCH3 is 1. The molecule has 1 rings (SSSR count). The van der Waals surface area contributed by atoms with E-state index in [2.05, 4.69) is 26.0 Å². The van der Waals surface area contributed by atoms with Crippen molar-refractivity contribution in [2.45, 2.75) is 32.2 Å². The summed E-state index contributed by atoms with van der Waals surface area (Å²) >= 11 is 3.18. The maximum atomic E-state index is 13.6. The van der Waals surface area contributed by atoms with Gasteiger partial charge in [-0.1, -0.05) is 22.0 Å². The van der Waals surface area contributed by atoms with Gasteiger partial charge in [0.15, 0.2) is 0 Å². The van der Waals surface area contributed by atoms with Crippen LogP contribution in [0.5, 0.6) is 0 Å². The van der Waals surface area contributed by atoms with Crippen LogP contribution in [0.4, 0.5) is 4.39 Å². The van der Waals surface area contributed by atoms with E-state index < -0.39 is 0 Å². The molecule has 1 aromatic rings. The Balaban J connectivity index is 2.41. The van der Waals surface area contributed by atoms with Crippen LogP contribution in [0.2, 0.25) is 0 Å². The van der Waals surface area contributed by atoms with Crippen molar-refractivity contribution in [1.29, 1.82) is 0 Å². The van der Waals surface area contributed by atoms with E-state index in [1.54, 1.807) is 19.1 Å². The third kappa shape index (κ3) is 5.69. The molecule has 0 radical (unpaired) electrons. The second-order valence-corrected chi connectivity index (χ2v) is 5.40.